The number of hydrogen-bond donors (Lipinski definition) is 1. The first kappa shape index (κ1) is 16.9. The van der Waals surface area contributed by atoms with Gasteiger partial charge in [0, 0.05) is 30.7 Å². The zero-order valence-electron chi connectivity index (χ0n) is 14.1. The van der Waals surface area contributed by atoms with Crippen LogP contribution in [-0.4, -0.2) is 31.3 Å². The van der Waals surface area contributed by atoms with Gasteiger partial charge in [-0.25, -0.2) is 0 Å². The van der Waals surface area contributed by atoms with Gasteiger partial charge in [0.15, 0.2) is 0 Å². The number of carbonyl (C=O) groups is 1. The number of benzene rings is 2. The molecule has 3 nitrogen and oxygen atoms in total. The Balaban J connectivity index is 1.33. The first-order valence-electron chi connectivity index (χ1n) is 8.52. The molecule has 0 radical (unpaired) electrons. The summed E-state index contributed by atoms with van der Waals surface area (Å²) in [4.78, 5) is 15.8. The summed E-state index contributed by atoms with van der Waals surface area (Å²) < 4.78 is 0. The van der Waals surface area contributed by atoms with Crippen LogP contribution in [0.15, 0.2) is 59.5 Å². The summed E-state index contributed by atoms with van der Waals surface area (Å²) in [5, 5.41) is 3.13. The van der Waals surface area contributed by atoms with Crippen LogP contribution in [0.1, 0.15) is 18.4 Å². The van der Waals surface area contributed by atoms with Gasteiger partial charge >= 0.3 is 0 Å². The number of carbonyl (C=O) groups excluding carboxylic acids is 1. The van der Waals surface area contributed by atoms with Crippen LogP contribution in [-0.2, 0) is 11.2 Å². The number of nitrogens with one attached hydrogen (secondary N) is 1. The zero-order valence-corrected chi connectivity index (χ0v) is 14.9. The highest BCUT2D eigenvalue weighted by atomic mass is 32.2. The molecule has 3 rings (SSSR count). The molecule has 126 valence electrons. The highest BCUT2D eigenvalue weighted by molar-refractivity contribution is 8.01. The van der Waals surface area contributed by atoms with Gasteiger partial charge < -0.3 is 10.2 Å². The lowest BCUT2D eigenvalue weighted by Crippen LogP contribution is -2.33. The number of unbranched alkanes of at least 4 members (excludes halogenated alkanes) is 1. The van der Waals surface area contributed by atoms with Crippen molar-refractivity contribution in [3.8, 4) is 0 Å². The van der Waals surface area contributed by atoms with Crippen LogP contribution in [0.3, 0.4) is 0 Å². The van der Waals surface area contributed by atoms with Gasteiger partial charge in [-0.15, -0.1) is 11.8 Å². The van der Waals surface area contributed by atoms with E-state index in [1.54, 1.807) is 11.8 Å². The van der Waals surface area contributed by atoms with E-state index in [0.29, 0.717) is 0 Å². The topological polar surface area (TPSA) is 32.3 Å². The zero-order chi connectivity index (χ0) is 16.8. The predicted molar refractivity (Wildman–Crippen MR) is 102 cm³/mol. The summed E-state index contributed by atoms with van der Waals surface area (Å²) in [5.41, 5.74) is 2.54. The molecule has 2 aromatic rings. The second kappa shape index (κ2) is 8.25. The maximum Gasteiger partial charge on any atom is 0.233 e. The molecule has 1 heterocycles. The van der Waals surface area contributed by atoms with Gasteiger partial charge in [0.05, 0.1) is 5.25 Å². The van der Waals surface area contributed by atoms with Crippen molar-refractivity contribution in [3.05, 3.63) is 60.2 Å². The van der Waals surface area contributed by atoms with Gasteiger partial charge in [0.2, 0.25) is 5.91 Å². The number of para-hydroxylation sites is 1. The molecule has 1 atom stereocenters. The molecule has 0 fully saturated rings. The van der Waals surface area contributed by atoms with Gasteiger partial charge in [-0.3, -0.25) is 4.79 Å². The molecule has 1 amide bonds. The first-order chi connectivity index (χ1) is 11.7. The Morgan fingerprint density at radius 3 is 2.67 bits per heavy atom. The molecule has 0 saturated heterocycles. The molecule has 0 spiro atoms. The molecule has 1 unspecified atom stereocenters. The summed E-state index contributed by atoms with van der Waals surface area (Å²) in [6.45, 7) is 1.76. The van der Waals surface area contributed by atoms with E-state index in [4.69, 9.17) is 0 Å². The smallest absolute Gasteiger partial charge is 0.233 e. The summed E-state index contributed by atoms with van der Waals surface area (Å²) in [5.74, 6) is 0.174. The van der Waals surface area contributed by atoms with E-state index in [9.17, 15) is 4.79 Å². The molecule has 1 N–H and O–H groups in total. The van der Waals surface area contributed by atoms with Gasteiger partial charge in [0.25, 0.3) is 0 Å². The fourth-order valence-corrected chi connectivity index (χ4v) is 4.16. The van der Waals surface area contributed by atoms with Gasteiger partial charge in [-0.2, -0.15) is 0 Å². The van der Waals surface area contributed by atoms with E-state index in [1.807, 2.05) is 18.2 Å². The Bertz CT molecular complexity index is 649. The molecule has 24 heavy (non-hydrogen) atoms. The third-order valence-electron chi connectivity index (χ3n) is 4.36. The molecular formula is C20H24N2OS. The lowest BCUT2D eigenvalue weighted by atomic mass is 10.1. The Morgan fingerprint density at radius 1 is 1.12 bits per heavy atom. The Hall–Kier alpha value is -1.94. The fraction of sp³-hybridized carbons (Fsp3) is 0.350. The normalized spacial score (nSPS) is 15.8. The van der Waals surface area contributed by atoms with Gasteiger partial charge in [-0.05, 0) is 43.0 Å². The van der Waals surface area contributed by atoms with E-state index >= 15 is 0 Å². The molecule has 0 aromatic heterocycles. The van der Waals surface area contributed by atoms with Crippen LogP contribution in [0.2, 0.25) is 0 Å². The number of hydrogen-bond acceptors (Lipinski definition) is 3. The Morgan fingerprint density at radius 2 is 1.88 bits per heavy atom. The Labute approximate surface area is 148 Å². The lowest BCUT2D eigenvalue weighted by molar-refractivity contribution is -0.120. The average molecular weight is 340 g/mol. The van der Waals surface area contributed by atoms with Crippen LogP contribution in [0.4, 0.5) is 5.69 Å². The predicted octanol–water partition coefficient (Wildman–Crippen LogP) is 3.74. The van der Waals surface area contributed by atoms with Gasteiger partial charge in [0.1, 0.15) is 0 Å². The second-order valence-corrected chi connectivity index (χ2v) is 7.42. The summed E-state index contributed by atoms with van der Waals surface area (Å²) >= 11 is 1.69. The van der Waals surface area contributed by atoms with E-state index in [2.05, 4.69) is 53.7 Å². The van der Waals surface area contributed by atoms with Crippen LogP contribution >= 0.6 is 11.8 Å². The van der Waals surface area contributed by atoms with Crippen molar-refractivity contribution >= 4 is 23.4 Å². The van der Waals surface area contributed by atoms with Crippen molar-refractivity contribution < 1.29 is 4.79 Å². The van der Waals surface area contributed by atoms with Crippen molar-refractivity contribution in [1.29, 1.82) is 0 Å². The van der Waals surface area contributed by atoms with Crippen LogP contribution in [0.25, 0.3) is 0 Å². The summed E-state index contributed by atoms with van der Waals surface area (Å²) in [6.07, 6.45) is 2.93. The number of amides is 1. The highest BCUT2D eigenvalue weighted by Gasteiger charge is 2.27. The lowest BCUT2D eigenvalue weighted by Gasteiger charge is -2.19. The van der Waals surface area contributed by atoms with Crippen molar-refractivity contribution in [2.45, 2.75) is 29.4 Å². The van der Waals surface area contributed by atoms with Crippen LogP contribution in [0, 0.1) is 0 Å². The van der Waals surface area contributed by atoms with Crippen LogP contribution in [0.5, 0.6) is 0 Å². The summed E-state index contributed by atoms with van der Waals surface area (Å²) in [6, 6.07) is 18.7. The van der Waals surface area contributed by atoms with E-state index in [-0.39, 0.29) is 11.2 Å². The quantitative estimate of drug-likeness (QED) is 0.780. The van der Waals surface area contributed by atoms with Crippen molar-refractivity contribution in [2.75, 3.05) is 25.0 Å². The fourth-order valence-electron chi connectivity index (χ4n) is 2.94. The number of thioether (sulfide) groups is 1. The minimum absolute atomic E-state index is 0.0365. The van der Waals surface area contributed by atoms with Gasteiger partial charge in [-0.1, -0.05) is 36.4 Å². The third-order valence-corrected chi connectivity index (χ3v) is 5.67. The largest absolute Gasteiger partial charge is 0.375 e. The molecular weight excluding hydrogens is 316 g/mol. The second-order valence-electron chi connectivity index (χ2n) is 6.17. The molecule has 0 aliphatic carbocycles. The highest BCUT2D eigenvalue weighted by Crippen LogP contribution is 2.36. The summed E-state index contributed by atoms with van der Waals surface area (Å²) in [7, 11) is 2.11. The average Bonchev–Trinajstić information content (AvgIpc) is 3.06. The molecule has 0 bridgehead atoms. The number of nitrogens with zero attached hydrogens (tertiary/aromatic N) is 1. The maximum atomic E-state index is 12.3. The van der Waals surface area contributed by atoms with Crippen molar-refractivity contribution in [1.82, 2.24) is 5.32 Å². The van der Waals surface area contributed by atoms with E-state index in [0.717, 1.165) is 32.4 Å². The monoisotopic (exact) mass is 340 g/mol. The standard InChI is InChI=1S/C20H24N2OS/c1-22(17-10-3-2-4-11-17)14-8-7-13-21-20(23)19-15-16-9-5-6-12-18(16)24-19/h2-6,9-12,19H,7-8,13-15H2,1H3,(H,21,23). The first-order valence-corrected chi connectivity index (χ1v) is 9.40. The minimum atomic E-state index is 0.0365. The van der Waals surface area contributed by atoms with Crippen molar-refractivity contribution in [2.24, 2.45) is 0 Å². The number of anilines is 1. The SMILES string of the molecule is CN(CCCCNC(=O)C1Cc2ccccc2S1)c1ccccc1. The van der Waals surface area contributed by atoms with Crippen LogP contribution < -0.4 is 10.2 Å². The van der Waals surface area contributed by atoms with E-state index < -0.39 is 0 Å². The number of rotatable bonds is 7. The molecule has 2 aromatic carbocycles. The van der Waals surface area contributed by atoms with E-state index in [1.165, 1.54) is 16.1 Å². The number of fused-ring (bicyclic) bond motifs is 1. The maximum absolute atomic E-state index is 12.3. The van der Waals surface area contributed by atoms with Crippen molar-refractivity contribution in [3.63, 3.8) is 0 Å². The third kappa shape index (κ3) is 4.32. The molecule has 0 saturated carbocycles. The molecule has 1 aliphatic rings. The molecule has 4 heteroatoms. The Kier molecular flexibility index (Phi) is 5.81. The molecule has 1 aliphatic heterocycles. The minimum Gasteiger partial charge on any atom is -0.375 e.